The van der Waals surface area contributed by atoms with Crippen LogP contribution in [0.4, 0.5) is 11.6 Å². The molecule has 4 atom stereocenters. The molecule has 1 aromatic rings. The van der Waals surface area contributed by atoms with Gasteiger partial charge in [-0.05, 0) is 45.2 Å². The molecule has 4 heterocycles. The van der Waals surface area contributed by atoms with Gasteiger partial charge in [0.25, 0.3) is 0 Å². The van der Waals surface area contributed by atoms with Crippen LogP contribution in [-0.2, 0) is 4.79 Å². The highest BCUT2D eigenvalue weighted by atomic mass is 16.2. The van der Waals surface area contributed by atoms with Crippen LogP contribution in [0.1, 0.15) is 31.2 Å². The zero-order valence-electron chi connectivity index (χ0n) is 16.0. The van der Waals surface area contributed by atoms with Gasteiger partial charge in [-0.1, -0.05) is 0 Å². The summed E-state index contributed by atoms with van der Waals surface area (Å²) in [6.07, 6.45) is 5.28. The first-order chi connectivity index (χ1) is 13.0. The van der Waals surface area contributed by atoms with E-state index in [2.05, 4.69) is 44.8 Å². The SMILES string of the molecule is CN(C)C[C@H]1[C@H]2C[C@H](CN(c3ncnc(N)c3C#N)C2)[C@@H]2CCCC(=O)N21. The van der Waals surface area contributed by atoms with Crippen LogP contribution in [0.25, 0.3) is 0 Å². The molecule has 2 bridgehead atoms. The summed E-state index contributed by atoms with van der Waals surface area (Å²) in [5, 5.41) is 9.53. The Morgan fingerprint density at radius 3 is 2.85 bits per heavy atom. The van der Waals surface area contributed by atoms with Gasteiger partial charge in [0, 0.05) is 38.1 Å². The van der Waals surface area contributed by atoms with Crippen molar-refractivity contribution < 1.29 is 4.79 Å². The predicted octanol–water partition coefficient (Wildman–Crippen LogP) is 0.698. The third-order valence-electron chi connectivity index (χ3n) is 6.32. The largest absolute Gasteiger partial charge is 0.382 e. The molecule has 0 aromatic carbocycles. The molecule has 3 aliphatic heterocycles. The zero-order chi connectivity index (χ0) is 19.1. The summed E-state index contributed by atoms with van der Waals surface area (Å²) < 4.78 is 0. The summed E-state index contributed by atoms with van der Waals surface area (Å²) >= 11 is 0. The van der Waals surface area contributed by atoms with Crippen molar-refractivity contribution in [1.82, 2.24) is 19.8 Å². The van der Waals surface area contributed by atoms with Crippen molar-refractivity contribution in [3.8, 4) is 6.07 Å². The van der Waals surface area contributed by atoms with E-state index in [1.165, 1.54) is 6.33 Å². The lowest BCUT2D eigenvalue weighted by atomic mass is 9.72. The lowest BCUT2D eigenvalue weighted by Gasteiger charge is -2.57. The number of nitrogens with zero attached hydrogens (tertiary/aromatic N) is 6. The average Bonchev–Trinajstić information content (AvgIpc) is 2.64. The van der Waals surface area contributed by atoms with Crippen molar-refractivity contribution in [2.45, 2.75) is 37.8 Å². The van der Waals surface area contributed by atoms with Gasteiger partial charge in [0.1, 0.15) is 23.8 Å². The molecule has 0 spiro atoms. The Morgan fingerprint density at radius 2 is 2.11 bits per heavy atom. The maximum atomic E-state index is 12.8. The first-order valence-electron chi connectivity index (χ1n) is 9.71. The summed E-state index contributed by atoms with van der Waals surface area (Å²) in [6, 6.07) is 2.67. The fourth-order valence-electron chi connectivity index (χ4n) is 5.29. The molecule has 144 valence electrons. The van der Waals surface area contributed by atoms with Crippen LogP contribution in [0.5, 0.6) is 0 Å². The number of piperidine rings is 3. The summed E-state index contributed by atoms with van der Waals surface area (Å²) in [5.41, 5.74) is 6.27. The van der Waals surface area contributed by atoms with Gasteiger partial charge in [0.05, 0.1) is 0 Å². The van der Waals surface area contributed by atoms with Crippen LogP contribution in [0.3, 0.4) is 0 Å². The minimum absolute atomic E-state index is 0.210. The number of hydrogen-bond acceptors (Lipinski definition) is 7. The van der Waals surface area contributed by atoms with Crippen LogP contribution < -0.4 is 10.6 Å². The fourth-order valence-corrected chi connectivity index (χ4v) is 5.29. The molecule has 0 unspecified atom stereocenters. The molecule has 3 saturated heterocycles. The Bertz CT molecular complexity index is 774. The number of nitriles is 1. The molecule has 27 heavy (non-hydrogen) atoms. The van der Waals surface area contributed by atoms with Crippen LogP contribution >= 0.6 is 0 Å². The molecule has 0 saturated carbocycles. The number of likely N-dealkylation sites (N-methyl/N-ethyl adjacent to an activating group) is 1. The molecule has 1 amide bonds. The Balaban J connectivity index is 1.68. The van der Waals surface area contributed by atoms with Gasteiger partial charge < -0.3 is 20.4 Å². The van der Waals surface area contributed by atoms with Crippen LogP contribution in [0, 0.1) is 23.2 Å². The minimum atomic E-state index is 0.210. The number of nitrogens with two attached hydrogens (primary N) is 1. The highest BCUT2D eigenvalue weighted by Gasteiger charge is 2.49. The highest BCUT2D eigenvalue weighted by Crippen LogP contribution is 2.43. The Hall–Kier alpha value is -2.40. The van der Waals surface area contributed by atoms with Crippen molar-refractivity contribution in [2.75, 3.05) is 44.4 Å². The Kier molecular flexibility index (Phi) is 4.64. The molecule has 3 aliphatic rings. The molecule has 2 N–H and O–H groups in total. The quantitative estimate of drug-likeness (QED) is 0.836. The van der Waals surface area contributed by atoms with Gasteiger partial charge in [-0.2, -0.15) is 5.26 Å². The van der Waals surface area contributed by atoms with E-state index in [1.807, 2.05) is 0 Å². The Labute approximate surface area is 160 Å². The second-order valence-electron chi connectivity index (χ2n) is 8.32. The minimum Gasteiger partial charge on any atom is -0.382 e. The van der Waals surface area contributed by atoms with Gasteiger partial charge in [-0.3, -0.25) is 4.79 Å². The number of nitrogen functional groups attached to an aromatic ring is 1. The number of aromatic nitrogens is 2. The van der Waals surface area contributed by atoms with Crippen molar-refractivity contribution in [1.29, 1.82) is 5.26 Å². The Morgan fingerprint density at radius 1 is 1.33 bits per heavy atom. The number of anilines is 2. The summed E-state index contributed by atoms with van der Waals surface area (Å²) in [6.45, 7) is 2.46. The van der Waals surface area contributed by atoms with E-state index in [-0.39, 0.29) is 11.9 Å². The van der Waals surface area contributed by atoms with Crippen molar-refractivity contribution in [3.63, 3.8) is 0 Å². The van der Waals surface area contributed by atoms with E-state index >= 15 is 0 Å². The molecule has 1 aromatic heterocycles. The molecule has 4 rings (SSSR count). The van der Waals surface area contributed by atoms with Crippen molar-refractivity contribution >= 4 is 17.5 Å². The standard InChI is InChI=1S/C19H27N7O/c1-24(2)10-16-13-6-12(15-4-3-5-17(27)26(15)16)8-25(9-13)19-14(7-20)18(21)22-11-23-19/h11-13,15-16H,3-6,8-10H2,1-2H3,(H2,21,22,23)/t12-,13+,15+,16+/m1/s1. The molecule has 0 aliphatic carbocycles. The maximum absolute atomic E-state index is 12.8. The first-order valence-corrected chi connectivity index (χ1v) is 9.71. The summed E-state index contributed by atoms with van der Waals surface area (Å²) in [7, 11) is 4.13. The van der Waals surface area contributed by atoms with Crippen molar-refractivity contribution in [3.05, 3.63) is 11.9 Å². The highest BCUT2D eigenvalue weighted by molar-refractivity contribution is 5.78. The second kappa shape index (κ2) is 6.97. The monoisotopic (exact) mass is 369 g/mol. The first kappa shape index (κ1) is 18.0. The summed E-state index contributed by atoms with van der Waals surface area (Å²) in [4.78, 5) is 27.7. The van der Waals surface area contributed by atoms with Gasteiger partial charge in [0.15, 0.2) is 5.82 Å². The van der Waals surface area contributed by atoms with Crippen LogP contribution in [0.15, 0.2) is 6.33 Å². The molecule has 8 heteroatoms. The lowest BCUT2D eigenvalue weighted by Crippen LogP contribution is -2.67. The lowest BCUT2D eigenvalue weighted by molar-refractivity contribution is -0.149. The smallest absolute Gasteiger partial charge is 0.223 e. The molecule has 8 nitrogen and oxygen atoms in total. The number of hydrogen-bond donors (Lipinski definition) is 1. The van der Waals surface area contributed by atoms with Gasteiger partial charge in [-0.25, -0.2) is 9.97 Å². The predicted molar refractivity (Wildman–Crippen MR) is 102 cm³/mol. The second-order valence-corrected chi connectivity index (χ2v) is 8.32. The molecule has 0 radical (unpaired) electrons. The number of carbonyl (C=O) groups excluding carboxylic acids is 1. The molecular formula is C19H27N7O. The summed E-state index contributed by atoms with van der Waals surface area (Å²) in [5.74, 6) is 1.96. The third-order valence-corrected chi connectivity index (χ3v) is 6.32. The molecular weight excluding hydrogens is 342 g/mol. The van der Waals surface area contributed by atoms with Gasteiger partial charge in [-0.15, -0.1) is 0 Å². The zero-order valence-corrected chi connectivity index (χ0v) is 16.0. The maximum Gasteiger partial charge on any atom is 0.223 e. The van der Waals surface area contributed by atoms with Gasteiger partial charge >= 0.3 is 0 Å². The van der Waals surface area contributed by atoms with Crippen LogP contribution in [0.2, 0.25) is 0 Å². The topological polar surface area (TPSA) is 102 Å². The number of rotatable bonds is 3. The van der Waals surface area contributed by atoms with E-state index in [9.17, 15) is 10.1 Å². The number of carbonyl (C=O) groups is 1. The van der Waals surface area contributed by atoms with E-state index in [4.69, 9.17) is 5.73 Å². The van der Waals surface area contributed by atoms with E-state index < -0.39 is 0 Å². The normalized spacial score (nSPS) is 30.2. The van der Waals surface area contributed by atoms with Crippen molar-refractivity contribution in [2.24, 2.45) is 11.8 Å². The number of amides is 1. The van der Waals surface area contributed by atoms with E-state index in [1.54, 1.807) is 0 Å². The average molecular weight is 369 g/mol. The fraction of sp³-hybridized carbons (Fsp3) is 0.684. The third kappa shape index (κ3) is 3.10. The van der Waals surface area contributed by atoms with E-state index in [0.29, 0.717) is 41.6 Å². The molecule has 3 fully saturated rings. The number of fused-ring (bicyclic) bond motifs is 4. The van der Waals surface area contributed by atoms with E-state index in [0.717, 1.165) is 38.9 Å². The van der Waals surface area contributed by atoms with Gasteiger partial charge in [0.2, 0.25) is 5.91 Å². The van der Waals surface area contributed by atoms with Crippen LogP contribution in [-0.4, -0.2) is 71.5 Å².